The Morgan fingerprint density at radius 1 is 1.40 bits per heavy atom. The molecule has 0 spiro atoms. The van der Waals surface area contributed by atoms with E-state index in [2.05, 4.69) is 11.9 Å². The Hall–Kier alpha value is -0.370. The second-order valence-corrected chi connectivity index (χ2v) is 2.37. The van der Waals surface area contributed by atoms with E-state index in [1.54, 1.807) is 0 Å². The van der Waals surface area contributed by atoms with Crippen molar-refractivity contribution in [2.45, 2.75) is 32.6 Å². The minimum atomic E-state index is 0.755. The molecule has 0 rings (SSSR count). The average molecular weight is 142 g/mol. The predicted octanol–water partition coefficient (Wildman–Crippen LogP) is 1.60. The van der Waals surface area contributed by atoms with Gasteiger partial charge in [0.25, 0.3) is 0 Å². The van der Waals surface area contributed by atoms with Crippen LogP contribution in [-0.4, -0.2) is 19.3 Å². The highest BCUT2D eigenvalue weighted by molar-refractivity contribution is 5.56. The van der Waals surface area contributed by atoms with Gasteiger partial charge in [0.2, 0.25) is 0 Å². The zero-order valence-corrected chi connectivity index (χ0v) is 6.84. The van der Waals surface area contributed by atoms with Crippen LogP contribution in [0.4, 0.5) is 0 Å². The van der Waals surface area contributed by atoms with E-state index in [1.807, 2.05) is 6.21 Å². The topological polar surface area (TPSA) is 38.4 Å². The maximum absolute atomic E-state index is 5.30. The van der Waals surface area contributed by atoms with Crippen LogP contribution in [0.2, 0.25) is 0 Å². The van der Waals surface area contributed by atoms with E-state index < -0.39 is 0 Å². The molecule has 0 radical (unpaired) electrons. The summed E-state index contributed by atoms with van der Waals surface area (Å²) in [4.78, 5) is 4.19. The molecule has 0 bridgehead atoms. The van der Waals surface area contributed by atoms with Crippen LogP contribution in [0.1, 0.15) is 32.6 Å². The molecule has 0 amide bonds. The molecule has 0 aromatic rings. The summed E-state index contributed by atoms with van der Waals surface area (Å²) in [7, 11) is 0. The van der Waals surface area contributed by atoms with Gasteiger partial charge in [-0.05, 0) is 32.0 Å². The van der Waals surface area contributed by atoms with Crippen molar-refractivity contribution in [2.75, 3.05) is 13.1 Å². The Morgan fingerprint density at radius 2 is 2.20 bits per heavy atom. The number of unbranched alkanes of at least 4 members (excludes halogenated alkanes) is 2. The summed E-state index contributed by atoms with van der Waals surface area (Å²) in [6, 6.07) is 0. The van der Waals surface area contributed by atoms with E-state index in [-0.39, 0.29) is 0 Å². The van der Waals surface area contributed by atoms with Gasteiger partial charge in [-0.15, -0.1) is 0 Å². The lowest BCUT2D eigenvalue weighted by atomic mass is 10.3. The second-order valence-electron chi connectivity index (χ2n) is 2.37. The highest BCUT2D eigenvalue weighted by Gasteiger charge is 1.79. The number of aliphatic imine (C=N–C) groups is 1. The number of nitrogens with two attached hydrogens (primary N) is 1. The molecule has 0 saturated heterocycles. The van der Waals surface area contributed by atoms with Crippen LogP contribution in [0, 0.1) is 0 Å². The number of nitrogens with zero attached hydrogens (tertiary/aromatic N) is 1. The maximum Gasteiger partial charge on any atom is 0.0397 e. The van der Waals surface area contributed by atoms with Gasteiger partial charge in [-0.2, -0.15) is 0 Å². The molecule has 2 nitrogen and oxygen atoms in total. The zero-order valence-electron chi connectivity index (χ0n) is 6.84. The molecule has 0 aromatic carbocycles. The number of hydrogen-bond donors (Lipinski definition) is 1. The fraction of sp³-hybridized carbons (Fsp3) is 0.875. The van der Waals surface area contributed by atoms with Crippen molar-refractivity contribution in [3.8, 4) is 0 Å². The highest BCUT2D eigenvalue weighted by Crippen LogP contribution is 1.89. The van der Waals surface area contributed by atoms with Gasteiger partial charge in [0, 0.05) is 6.54 Å². The standard InChI is InChI=1S/C8H18N2/c1-2-3-4-7-10-8-5-6-9/h7H,2-6,8-9H2,1H3. The van der Waals surface area contributed by atoms with Crippen molar-refractivity contribution in [3.63, 3.8) is 0 Å². The predicted molar refractivity (Wildman–Crippen MR) is 46.6 cm³/mol. The lowest BCUT2D eigenvalue weighted by molar-refractivity contribution is 0.822. The minimum Gasteiger partial charge on any atom is -0.330 e. The lowest BCUT2D eigenvalue weighted by Crippen LogP contribution is -1.99. The van der Waals surface area contributed by atoms with Gasteiger partial charge >= 0.3 is 0 Å². The molecule has 0 aliphatic carbocycles. The van der Waals surface area contributed by atoms with Gasteiger partial charge in [-0.3, -0.25) is 4.99 Å². The van der Waals surface area contributed by atoms with E-state index in [0.29, 0.717) is 0 Å². The summed E-state index contributed by atoms with van der Waals surface area (Å²) < 4.78 is 0. The van der Waals surface area contributed by atoms with Gasteiger partial charge in [0.1, 0.15) is 0 Å². The fourth-order valence-electron chi connectivity index (χ4n) is 0.661. The molecule has 0 saturated carbocycles. The third kappa shape index (κ3) is 7.63. The van der Waals surface area contributed by atoms with Crippen molar-refractivity contribution in [3.05, 3.63) is 0 Å². The first kappa shape index (κ1) is 9.63. The van der Waals surface area contributed by atoms with Crippen molar-refractivity contribution >= 4 is 6.21 Å². The molecule has 2 N–H and O–H groups in total. The van der Waals surface area contributed by atoms with Gasteiger partial charge in [-0.25, -0.2) is 0 Å². The molecular formula is C8H18N2. The first-order valence-electron chi connectivity index (χ1n) is 4.10. The molecule has 0 aliphatic rings. The van der Waals surface area contributed by atoms with Crippen LogP contribution in [0.15, 0.2) is 4.99 Å². The molecule has 60 valence electrons. The summed E-state index contributed by atoms with van der Waals surface area (Å²) in [6.07, 6.45) is 6.66. The van der Waals surface area contributed by atoms with Crippen LogP contribution in [0.3, 0.4) is 0 Å². The third-order valence-electron chi connectivity index (χ3n) is 1.31. The fourth-order valence-corrected chi connectivity index (χ4v) is 0.661. The molecule has 0 fully saturated rings. The van der Waals surface area contributed by atoms with Gasteiger partial charge < -0.3 is 5.73 Å². The molecule has 0 aliphatic heterocycles. The molecule has 0 aromatic heterocycles. The summed E-state index contributed by atoms with van der Waals surface area (Å²) in [6.45, 7) is 3.85. The molecule has 0 heterocycles. The van der Waals surface area contributed by atoms with E-state index in [9.17, 15) is 0 Å². The third-order valence-corrected chi connectivity index (χ3v) is 1.31. The first-order valence-corrected chi connectivity index (χ1v) is 4.10. The lowest BCUT2D eigenvalue weighted by Gasteiger charge is -1.89. The first-order chi connectivity index (χ1) is 4.91. The largest absolute Gasteiger partial charge is 0.330 e. The van der Waals surface area contributed by atoms with Crippen molar-refractivity contribution in [1.29, 1.82) is 0 Å². The molecule has 2 heteroatoms. The normalized spacial score (nSPS) is 11.0. The van der Waals surface area contributed by atoms with Gasteiger partial charge in [0.05, 0.1) is 0 Å². The summed E-state index contributed by atoms with van der Waals surface area (Å²) >= 11 is 0. The van der Waals surface area contributed by atoms with E-state index in [4.69, 9.17) is 5.73 Å². The van der Waals surface area contributed by atoms with Crippen molar-refractivity contribution in [1.82, 2.24) is 0 Å². The Kier molecular flexibility index (Phi) is 8.31. The van der Waals surface area contributed by atoms with E-state index in [1.165, 1.54) is 12.8 Å². The Morgan fingerprint density at radius 3 is 2.80 bits per heavy atom. The summed E-state index contributed by atoms with van der Waals surface area (Å²) in [5.74, 6) is 0. The zero-order chi connectivity index (χ0) is 7.66. The van der Waals surface area contributed by atoms with Crippen LogP contribution < -0.4 is 5.73 Å². The SMILES string of the molecule is CCCCC=NCCCN. The average Bonchev–Trinajstić information content (AvgIpc) is 1.97. The second kappa shape index (κ2) is 8.63. The monoisotopic (exact) mass is 142 g/mol. The quantitative estimate of drug-likeness (QED) is 0.444. The number of rotatable bonds is 6. The molecule has 10 heavy (non-hydrogen) atoms. The maximum atomic E-state index is 5.30. The van der Waals surface area contributed by atoms with Crippen LogP contribution in [0.25, 0.3) is 0 Å². The van der Waals surface area contributed by atoms with E-state index >= 15 is 0 Å². The number of hydrogen-bond acceptors (Lipinski definition) is 2. The van der Waals surface area contributed by atoms with Gasteiger partial charge in [-0.1, -0.05) is 13.3 Å². The molecule has 0 unspecified atom stereocenters. The molecular weight excluding hydrogens is 124 g/mol. The highest BCUT2D eigenvalue weighted by atomic mass is 14.7. The Balaban J connectivity index is 2.89. The Labute approximate surface area is 63.5 Å². The minimum absolute atomic E-state index is 0.755. The smallest absolute Gasteiger partial charge is 0.0397 e. The van der Waals surface area contributed by atoms with E-state index in [0.717, 1.165) is 25.9 Å². The van der Waals surface area contributed by atoms with Crippen LogP contribution in [-0.2, 0) is 0 Å². The van der Waals surface area contributed by atoms with Crippen LogP contribution >= 0.6 is 0 Å². The Bertz CT molecular complexity index is 69.3. The van der Waals surface area contributed by atoms with Crippen molar-refractivity contribution in [2.24, 2.45) is 10.7 Å². The molecule has 0 atom stereocenters. The summed E-state index contributed by atoms with van der Waals surface area (Å²) in [5, 5.41) is 0. The summed E-state index contributed by atoms with van der Waals surface area (Å²) in [5.41, 5.74) is 5.30. The van der Waals surface area contributed by atoms with Crippen LogP contribution in [0.5, 0.6) is 0 Å². The van der Waals surface area contributed by atoms with Crippen molar-refractivity contribution < 1.29 is 0 Å². The van der Waals surface area contributed by atoms with Gasteiger partial charge in [0.15, 0.2) is 0 Å².